The Morgan fingerprint density at radius 1 is 1.43 bits per heavy atom. The molecule has 0 radical (unpaired) electrons. The molecule has 0 aromatic heterocycles. The van der Waals surface area contributed by atoms with Gasteiger partial charge in [-0.2, -0.15) is 0 Å². The van der Waals surface area contributed by atoms with E-state index >= 15 is 0 Å². The van der Waals surface area contributed by atoms with Crippen LogP contribution in [0, 0.1) is 0 Å². The molecular formula is C15H13NO3S2. The minimum absolute atomic E-state index is 0.123. The Kier molecular flexibility index (Phi) is 4.93. The average Bonchev–Trinajstić information content (AvgIpc) is 2.75. The second-order valence-electron chi connectivity index (χ2n) is 4.19. The Hall–Kier alpha value is -1.92. The van der Waals surface area contributed by atoms with E-state index in [0.29, 0.717) is 21.3 Å². The van der Waals surface area contributed by atoms with Crippen LogP contribution < -0.4 is 0 Å². The summed E-state index contributed by atoms with van der Waals surface area (Å²) in [6.45, 7) is 4.02. The zero-order valence-corrected chi connectivity index (χ0v) is 13.0. The third kappa shape index (κ3) is 3.40. The highest BCUT2D eigenvalue weighted by atomic mass is 32.2. The van der Waals surface area contributed by atoms with Crippen LogP contribution in [0.4, 0.5) is 0 Å². The van der Waals surface area contributed by atoms with Crippen molar-refractivity contribution in [2.75, 3.05) is 13.7 Å². The minimum atomic E-state index is -0.390. The summed E-state index contributed by atoms with van der Waals surface area (Å²) in [6, 6.07) is 6.82. The highest BCUT2D eigenvalue weighted by molar-refractivity contribution is 8.26. The van der Waals surface area contributed by atoms with Crippen LogP contribution in [0.25, 0.3) is 6.08 Å². The number of rotatable bonds is 4. The van der Waals surface area contributed by atoms with Crippen LogP contribution in [0.2, 0.25) is 0 Å². The lowest BCUT2D eigenvalue weighted by molar-refractivity contribution is -0.121. The number of thioether (sulfide) groups is 1. The fourth-order valence-corrected chi connectivity index (χ4v) is 3.05. The fraction of sp³-hybridized carbons (Fsp3) is 0.133. The largest absolute Gasteiger partial charge is 0.465 e. The van der Waals surface area contributed by atoms with Gasteiger partial charge in [0.15, 0.2) is 0 Å². The van der Waals surface area contributed by atoms with E-state index in [1.165, 1.54) is 23.8 Å². The maximum absolute atomic E-state index is 12.2. The van der Waals surface area contributed by atoms with Crippen LogP contribution in [0.5, 0.6) is 0 Å². The van der Waals surface area contributed by atoms with Crippen LogP contribution in [0.1, 0.15) is 15.9 Å². The lowest BCUT2D eigenvalue weighted by Gasteiger charge is -2.10. The van der Waals surface area contributed by atoms with Gasteiger partial charge in [0.05, 0.1) is 17.6 Å². The smallest absolute Gasteiger partial charge is 0.337 e. The number of esters is 1. The number of hydrogen-bond donors (Lipinski definition) is 0. The number of thiocarbonyl (C=S) groups is 1. The molecule has 0 unspecified atom stereocenters. The highest BCUT2D eigenvalue weighted by Crippen LogP contribution is 2.32. The maximum Gasteiger partial charge on any atom is 0.337 e. The molecule has 2 rings (SSSR count). The van der Waals surface area contributed by atoms with Crippen LogP contribution in [0.15, 0.2) is 41.8 Å². The van der Waals surface area contributed by atoms with E-state index in [1.807, 2.05) is 0 Å². The first-order chi connectivity index (χ1) is 10.1. The fourth-order valence-electron chi connectivity index (χ4n) is 1.77. The lowest BCUT2D eigenvalue weighted by Crippen LogP contribution is -2.27. The van der Waals surface area contributed by atoms with Crippen LogP contribution in [-0.4, -0.2) is 34.8 Å². The van der Waals surface area contributed by atoms with E-state index in [1.54, 1.807) is 36.4 Å². The molecule has 1 heterocycles. The topological polar surface area (TPSA) is 46.6 Å². The van der Waals surface area contributed by atoms with Gasteiger partial charge in [-0.25, -0.2) is 4.79 Å². The van der Waals surface area contributed by atoms with Gasteiger partial charge in [0.25, 0.3) is 5.91 Å². The molecule has 0 saturated carbocycles. The van der Waals surface area contributed by atoms with Crippen LogP contribution in [-0.2, 0) is 9.53 Å². The molecule has 1 fully saturated rings. The van der Waals surface area contributed by atoms with Crippen molar-refractivity contribution in [2.24, 2.45) is 0 Å². The standard InChI is InChI=1S/C15H13NO3S2/c1-3-8-16-13(17)12(21-15(16)20)9-10-4-6-11(7-5-10)14(18)19-2/h3-7,9H,1,8H2,2H3/b12-9+. The van der Waals surface area contributed by atoms with Crippen LogP contribution in [0.3, 0.4) is 0 Å². The Labute approximate surface area is 132 Å². The number of ether oxygens (including phenoxy) is 1. The molecule has 0 aliphatic carbocycles. The predicted octanol–water partition coefficient (Wildman–Crippen LogP) is 2.86. The molecular weight excluding hydrogens is 306 g/mol. The molecule has 4 nitrogen and oxygen atoms in total. The first-order valence-electron chi connectivity index (χ1n) is 6.11. The highest BCUT2D eigenvalue weighted by Gasteiger charge is 2.30. The predicted molar refractivity (Wildman–Crippen MR) is 87.9 cm³/mol. The van der Waals surface area contributed by atoms with Crippen molar-refractivity contribution in [1.29, 1.82) is 0 Å². The van der Waals surface area contributed by atoms with Crippen molar-refractivity contribution in [1.82, 2.24) is 4.90 Å². The van der Waals surface area contributed by atoms with Crippen molar-refractivity contribution >= 4 is 46.3 Å². The third-order valence-electron chi connectivity index (χ3n) is 2.81. The average molecular weight is 319 g/mol. The Bertz CT molecular complexity index is 635. The van der Waals surface area contributed by atoms with Gasteiger partial charge in [-0.15, -0.1) is 6.58 Å². The molecule has 6 heteroatoms. The molecule has 1 amide bonds. The Balaban J connectivity index is 2.20. The molecule has 0 spiro atoms. The number of nitrogens with zero attached hydrogens (tertiary/aromatic N) is 1. The van der Waals surface area contributed by atoms with Gasteiger partial charge in [0.1, 0.15) is 4.32 Å². The molecule has 1 aromatic rings. The molecule has 1 saturated heterocycles. The summed E-state index contributed by atoms with van der Waals surface area (Å²) < 4.78 is 5.16. The SMILES string of the molecule is C=CCN1C(=O)/C(=C\c2ccc(C(=O)OC)cc2)SC1=S. The van der Waals surface area contributed by atoms with E-state index in [9.17, 15) is 9.59 Å². The third-order valence-corrected chi connectivity index (χ3v) is 4.19. The number of methoxy groups -OCH3 is 1. The number of carbonyl (C=O) groups is 2. The van der Waals surface area contributed by atoms with E-state index in [-0.39, 0.29) is 11.9 Å². The zero-order valence-electron chi connectivity index (χ0n) is 11.4. The van der Waals surface area contributed by atoms with Gasteiger partial charge in [0.2, 0.25) is 0 Å². The van der Waals surface area contributed by atoms with Gasteiger partial charge < -0.3 is 4.74 Å². The van der Waals surface area contributed by atoms with Gasteiger partial charge in [-0.3, -0.25) is 9.69 Å². The van der Waals surface area contributed by atoms with Crippen molar-refractivity contribution in [3.05, 3.63) is 53.0 Å². The second-order valence-corrected chi connectivity index (χ2v) is 5.87. The molecule has 108 valence electrons. The Morgan fingerprint density at radius 3 is 2.67 bits per heavy atom. The molecule has 1 aliphatic heterocycles. The monoisotopic (exact) mass is 319 g/mol. The van der Waals surface area contributed by atoms with Gasteiger partial charge in [-0.05, 0) is 23.8 Å². The normalized spacial score (nSPS) is 16.4. The van der Waals surface area contributed by atoms with Crippen molar-refractivity contribution in [3.8, 4) is 0 Å². The molecule has 1 aromatic carbocycles. The maximum atomic E-state index is 12.2. The molecule has 0 atom stereocenters. The van der Waals surface area contributed by atoms with E-state index < -0.39 is 0 Å². The minimum Gasteiger partial charge on any atom is -0.465 e. The number of hydrogen-bond acceptors (Lipinski definition) is 5. The number of amides is 1. The molecule has 0 bridgehead atoms. The van der Waals surface area contributed by atoms with Crippen molar-refractivity contribution in [3.63, 3.8) is 0 Å². The summed E-state index contributed by atoms with van der Waals surface area (Å²) in [7, 11) is 1.33. The lowest BCUT2D eigenvalue weighted by atomic mass is 10.1. The summed E-state index contributed by atoms with van der Waals surface area (Å²) in [5.41, 5.74) is 1.29. The van der Waals surface area contributed by atoms with Gasteiger partial charge in [0, 0.05) is 6.54 Å². The first-order valence-corrected chi connectivity index (χ1v) is 7.34. The molecule has 0 N–H and O–H groups in total. The summed E-state index contributed by atoms with van der Waals surface area (Å²) in [4.78, 5) is 25.6. The number of benzene rings is 1. The van der Waals surface area contributed by atoms with E-state index in [2.05, 4.69) is 11.3 Å². The van der Waals surface area contributed by atoms with Crippen molar-refractivity contribution in [2.45, 2.75) is 0 Å². The molecule has 21 heavy (non-hydrogen) atoms. The van der Waals surface area contributed by atoms with Crippen LogP contribution >= 0.6 is 24.0 Å². The van der Waals surface area contributed by atoms with Gasteiger partial charge >= 0.3 is 5.97 Å². The summed E-state index contributed by atoms with van der Waals surface area (Å²) >= 11 is 6.43. The summed E-state index contributed by atoms with van der Waals surface area (Å²) in [5.74, 6) is -0.513. The quantitative estimate of drug-likeness (QED) is 0.370. The second kappa shape index (κ2) is 6.69. The number of carbonyl (C=O) groups excluding carboxylic acids is 2. The van der Waals surface area contributed by atoms with E-state index in [0.717, 1.165) is 5.56 Å². The van der Waals surface area contributed by atoms with Gasteiger partial charge in [-0.1, -0.05) is 42.2 Å². The molecule has 1 aliphatic rings. The Morgan fingerprint density at radius 2 is 2.10 bits per heavy atom. The summed E-state index contributed by atoms with van der Waals surface area (Å²) in [5, 5.41) is 0. The van der Waals surface area contributed by atoms with E-state index in [4.69, 9.17) is 12.2 Å². The zero-order chi connectivity index (χ0) is 15.4. The van der Waals surface area contributed by atoms with Crippen molar-refractivity contribution < 1.29 is 14.3 Å². The summed E-state index contributed by atoms with van der Waals surface area (Å²) in [6.07, 6.45) is 3.39. The first kappa shape index (κ1) is 15.5.